The lowest BCUT2D eigenvalue weighted by Crippen LogP contribution is -2.17. The average molecular weight is 280 g/mol. The molecule has 0 atom stereocenters. The number of aromatic amines is 1. The van der Waals surface area contributed by atoms with Crippen molar-refractivity contribution in [1.82, 2.24) is 10.2 Å². The molecule has 7 heteroatoms. The van der Waals surface area contributed by atoms with Crippen LogP contribution in [0.5, 0.6) is 5.75 Å². The van der Waals surface area contributed by atoms with E-state index in [1.165, 1.54) is 19.2 Å². The van der Waals surface area contributed by atoms with Crippen molar-refractivity contribution in [3.8, 4) is 5.75 Å². The van der Waals surface area contributed by atoms with Gasteiger partial charge in [0.05, 0.1) is 12.1 Å². The molecule has 0 unspecified atom stereocenters. The van der Waals surface area contributed by atoms with E-state index in [1.54, 1.807) is 18.2 Å². The minimum Gasteiger partial charge on any atom is -0.495 e. The molecule has 2 rings (SSSR count). The van der Waals surface area contributed by atoms with E-state index < -0.39 is 5.91 Å². The van der Waals surface area contributed by atoms with Crippen molar-refractivity contribution in [2.75, 3.05) is 12.4 Å². The summed E-state index contributed by atoms with van der Waals surface area (Å²) in [4.78, 5) is 22.7. The zero-order chi connectivity index (χ0) is 13.8. The van der Waals surface area contributed by atoms with Gasteiger partial charge in [-0.3, -0.25) is 9.59 Å². The number of carbonyl (C=O) groups is 1. The summed E-state index contributed by atoms with van der Waals surface area (Å²) in [5.74, 6) is 0.0688. The van der Waals surface area contributed by atoms with E-state index in [1.807, 2.05) is 0 Å². The number of benzene rings is 1. The first-order valence-electron chi connectivity index (χ1n) is 5.31. The molecule has 0 aliphatic carbocycles. The molecule has 1 amide bonds. The predicted molar refractivity (Wildman–Crippen MR) is 70.8 cm³/mol. The Balaban J connectivity index is 2.17. The van der Waals surface area contributed by atoms with Crippen molar-refractivity contribution in [3.05, 3.63) is 51.4 Å². The molecular weight excluding hydrogens is 270 g/mol. The van der Waals surface area contributed by atoms with Crippen LogP contribution in [0.4, 0.5) is 5.69 Å². The highest BCUT2D eigenvalue weighted by atomic mass is 35.5. The first kappa shape index (κ1) is 13.1. The van der Waals surface area contributed by atoms with Gasteiger partial charge in [0, 0.05) is 11.8 Å². The SMILES string of the molecule is COc1ccc(NC(=O)c2ccc(=O)[nH]n2)cc1Cl. The molecule has 0 bridgehead atoms. The van der Waals surface area contributed by atoms with Gasteiger partial charge in [-0.05, 0) is 24.3 Å². The van der Waals surface area contributed by atoms with Crippen LogP contribution in [0.25, 0.3) is 0 Å². The number of carbonyl (C=O) groups excluding carboxylic acids is 1. The first-order chi connectivity index (χ1) is 9.10. The molecule has 0 aliphatic rings. The van der Waals surface area contributed by atoms with Crippen LogP contribution in [0, 0.1) is 0 Å². The second kappa shape index (κ2) is 5.53. The summed E-state index contributed by atoms with van der Waals surface area (Å²) in [5.41, 5.74) is 0.236. The lowest BCUT2D eigenvalue weighted by atomic mass is 10.3. The number of ether oxygens (including phenoxy) is 1. The van der Waals surface area contributed by atoms with E-state index in [0.717, 1.165) is 0 Å². The fourth-order valence-electron chi connectivity index (χ4n) is 1.41. The summed E-state index contributed by atoms with van der Waals surface area (Å²) in [6, 6.07) is 7.40. The number of rotatable bonds is 3. The van der Waals surface area contributed by atoms with Crippen LogP contribution in [0.15, 0.2) is 35.1 Å². The van der Waals surface area contributed by atoms with Crippen LogP contribution in [0.2, 0.25) is 5.02 Å². The molecule has 6 nitrogen and oxygen atoms in total. The molecular formula is C12H10ClN3O3. The van der Waals surface area contributed by atoms with Gasteiger partial charge in [0.25, 0.3) is 11.5 Å². The third-order valence-corrected chi connectivity index (χ3v) is 2.62. The van der Waals surface area contributed by atoms with Crippen molar-refractivity contribution in [2.45, 2.75) is 0 Å². The maximum Gasteiger partial charge on any atom is 0.276 e. The third-order valence-electron chi connectivity index (χ3n) is 2.32. The molecule has 2 aromatic rings. The smallest absolute Gasteiger partial charge is 0.276 e. The molecule has 0 spiro atoms. The van der Waals surface area contributed by atoms with Crippen LogP contribution in [0.1, 0.15) is 10.5 Å². The van der Waals surface area contributed by atoms with Crippen molar-refractivity contribution < 1.29 is 9.53 Å². The summed E-state index contributed by atoms with van der Waals surface area (Å²) in [6.45, 7) is 0. The fourth-order valence-corrected chi connectivity index (χ4v) is 1.67. The second-order valence-electron chi connectivity index (χ2n) is 3.61. The molecule has 1 heterocycles. The molecule has 2 N–H and O–H groups in total. The zero-order valence-corrected chi connectivity index (χ0v) is 10.7. The van der Waals surface area contributed by atoms with Crippen LogP contribution in [-0.2, 0) is 0 Å². The number of hydrogen-bond donors (Lipinski definition) is 2. The van der Waals surface area contributed by atoms with Crippen molar-refractivity contribution in [3.63, 3.8) is 0 Å². The van der Waals surface area contributed by atoms with Crippen LogP contribution in [-0.4, -0.2) is 23.2 Å². The minimum absolute atomic E-state index is 0.103. The molecule has 0 radical (unpaired) electrons. The Bertz CT molecular complexity index is 649. The van der Waals surface area contributed by atoms with Gasteiger partial charge in [-0.25, -0.2) is 5.10 Å². The quantitative estimate of drug-likeness (QED) is 0.895. The van der Waals surface area contributed by atoms with Gasteiger partial charge in [-0.1, -0.05) is 11.6 Å². The molecule has 1 aromatic heterocycles. The van der Waals surface area contributed by atoms with Crippen molar-refractivity contribution in [2.24, 2.45) is 0 Å². The van der Waals surface area contributed by atoms with E-state index in [2.05, 4.69) is 15.5 Å². The Morgan fingerprint density at radius 1 is 1.37 bits per heavy atom. The van der Waals surface area contributed by atoms with Gasteiger partial charge in [0.1, 0.15) is 11.4 Å². The van der Waals surface area contributed by atoms with Crippen molar-refractivity contribution >= 4 is 23.2 Å². The number of hydrogen-bond acceptors (Lipinski definition) is 4. The predicted octanol–water partition coefficient (Wildman–Crippen LogP) is 1.68. The van der Waals surface area contributed by atoms with Gasteiger partial charge >= 0.3 is 0 Å². The number of methoxy groups -OCH3 is 1. The number of anilines is 1. The largest absolute Gasteiger partial charge is 0.495 e. The topological polar surface area (TPSA) is 84.1 Å². The number of amides is 1. The summed E-state index contributed by atoms with van der Waals surface area (Å²) < 4.78 is 5.01. The number of nitrogens with one attached hydrogen (secondary N) is 2. The lowest BCUT2D eigenvalue weighted by Gasteiger charge is -2.07. The van der Waals surface area contributed by atoms with E-state index >= 15 is 0 Å². The lowest BCUT2D eigenvalue weighted by molar-refractivity contribution is 0.102. The number of halogens is 1. The standard InChI is InChI=1S/C12H10ClN3O3/c1-19-10-4-2-7(6-8(10)13)14-12(18)9-3-5-11(17)16-15-9/h2-6H,1H3,(H,14,18)(H,16,17). The molecule has 0 saturated carbocycles. The summed E-state index contributed by atoms with van der Waals surface area (Å²) >= 11 is 5.94. The maximum absolute atomic E-state index is 11.8. The Kier molecular flexibility index (Phi) is 3.82. The Hall–Kier alpha value is -2.34. The molecule has 0 aliphatic heterocycles. The highest BCUT2D eigenvalue weighted by Crippen LogP contribution is 2.27. The minimum atomic E-state index is -0.447. The van der Waals surface area contributed by atoms with E-state index in [-0.39, 0.29) is 11.3 Å². The van der Waals surface area contributed by atoms with Crippen LogP contribution in [0.3, 0.4) is 0 Å². The first-order valence-corrected chi connectivity index (χ1v) is 5.68. The third kappa shape index (κ3) is 3.11. The van der Waals surface area contributed by atoms with Crippen LogP contribution < -0.4 is 15.6 Å². The van der Waals surface area contributed by atoms with E-state index in [0.29, 0.717) is 16.5 Å². The molecule has 0 saturated heterocycles. The zero-order valence-electron chi connectivity index (χ0n) is 9.94. The average Bonchev–Trinajstić information content (AvgIpc) is 2.39. The normalized spacial score (nSPS) is 10.0. The Morgan fingerprint density at radius 2 is 2.16 bits per heavy atom. The molecule has 0 fully saturated rings. The molecule has 98 valence electrons. The Morgan fingerprint density at radius 3 is 2.74 bits per heavy atom. The van der Waals surface area contributed by atoms with Gasteiger partial charge in [-0.2, -0.15) is 5.10 Å². The van der Waals surface area contributed by atoms with Gasteiger partial charge in [0.15, 0.2) is 0 Å². The van der Waals surface area contributed by atoms with Gasteiger partial charge < -0.3 is 10.1 Å². The highest BCUT2D eigenvalue weighted by Gasteiger charge is 2.09. The summed E-state index contributed by atoms with van der Waals surface area (Å²) in [7, 11) is 1.50. The Labute approximate surface area is 113 Å². The van der Waals surface area contributed by atoms with Gasteiger partial charge in [0.2, 0.25) is 0 Å². The summed E-state index contributed by atoms with van der Waals surface area (Å²) in [6.07, 6.45) is 0. The van der Waals surface area contributed by atoms with Crippen molar-refractivity contribution in [1.29, 1.82) is 0 Å². The number of H-pyrrole nitrogens is 1. The number of aromatic nitrogens is 2. The molecule has 19 heavy (non-hydrogen) atoms. The number of nitrogens with zero attached hydrogens (tertiary/aromatic N) is 1. The highest BCUT2D eigenvalue weighted by molar-refractivity contribution is 6.32. The van der Waals surface area contributed by atoms with Crippen LogP contribution >= 0.6 is 11.6 Å². The monoisotopic (exact) mass is 279 g/mol. The second-order valence-corrected chi connectivity index (χ2v) is 4.02. The fraction of sp³-hybridized carbons (Fsp3) is 0.0833. The summed E-state index contributed by atoms with van der Waals surface area (Å²) in [5, 5.41) is 8.80. The maximum atomic E-state index is 11.8. The van der Waals surface area contributed by atoms with E-state index in [9.17, 15) is 9.59 Å². The molecule has 1 aromatic carbocycles. The van der Waals surface area contributed by atoms with E-state index in [4.69, 9.17) is 16.3 Å². The van der Waals surface area contributed by atoms with Gasteiger partial charge in [-0.15, -0.1) is 0 Å².